The zero-order chi connectivity index (χ0) is 12.8. The van der Waals surface area contributed by atoms with Gasteiger partial charge in [0.2, 0.25) is 0 Å². The van der Waals surface area contributed by atoms with E-state index in [1.165, 1.54) is 0 Å². The van der Waals surface area contributed by atoms with Crippen molar-refractivity contribution in [2.24, 2.45) is 5.73 Å². The van der Waals surface area contributed by atoms with Crippen molar-refractivity contribution in [3.8, 4) is 5.75 Å². The van der Waals surface area contributed by atoms with Crippen LogP contribution in [0.2, 0.25) is 0 Å². The maximum atomic E-state index is 5.71. The highest BCUT2D eigenvalue weighted by molar-refractivity contribution is 5.20. The largest absolute Gasteiger partial charge is 0.484 e. The first-order valence-electron chi connectivity index (χ1n) is 5.83. The van der Waals surface area contributed by atoms with Gasteiger partial charge in [-0.05, 0) is 25.1 Å². The van der Waals surface area contributed by atoms with Crippen molar-refractivity contribution in [1.82, 2.24) is 15.0 Å². The molecule has 2 N–H and O–H groups in total. The predicted octanol–water partition coefficient (Wildman–Crippen LogP) is 1.34. The number of pyridine rings is 1. The maximum absolute atomic E-state index is 5.71. The highest BCUT2D eigenvalue weighted by Gasteiger charge is 2.01. The molecule has 0 saturated carbocycles. The molecule has 0 radical (unpaired) electrons. The Kier molecular flexibility index (Phi) is 4.20. The molecule has 94 valence electrons. The van der Waals surface area contributed by atoms with E-state index in [1.807, 2.05) is 19.1 Å². The van der Waals surface area contributed by atoms with Gasteiger partial charge in [0.05, 0.1) is 6.20 Å². The van der Waals surface area contributed by atoms with Crippen LogP contribution in [-0.4, -0.2) is 21.0 Å². The summed E-state index contributed by atoms with van der Waals surface area (Å²) in [5, 5.41) is 0. The fraction of sp³-hybridized carbons (Fsp3) is 0.308. The van der Waals surface area contributed by atoms with E-state index in [2.05, 4.69) is 15.0 Å². The molecule has 1 unspecified atom stereocenters. The molecular weight excluding hydrogens is 228 g/mol. The quantitative estimate of drug-likeness (QED) is 0.859. The van der Waals surface area contributed by atoms with Crippen molar-refractivity contribution >= 4 is 0 Å². The molecule has 2 rings (SSSR count). The number of aromatic nitrogens is 3. The molecule has 0 aliphatic carbocycles. The predicted molar refractivity (Wildman–Crippen MR) is 68.0 cm³/mol. The van der Waals surface area contributed by atoms with Gasteiger partial charge in [0.1, 0.15) is 12.4 Å². The third-order valence-electron chi connectivity index (χ3n) is 2.32. The van der Waals surface area contributed by atoms with Gasteiger partial charge in [-0.25, -0.2) is 9.97 Å². The molecule has 1 atom stereocenters. The van der Waals surface area contributed by atoms with E-state index in [0.29, 0.717) is 18.2 Å². The number of hydrogen-bond donors (Lipinski definition) is 1. The monoisotopic (exact) mass is 244 g/mol. The summed E-state index contributed by atoms with van der Waals surface area (Å²) in [6.07, 6.45) is 5.84. The van der Waals surface area contributed by atoms with Crippen LogP contribution in [0.3, 0.4) is 0 Å². The third-order valence-corrected chi connectivity index (χ3v) is 2.32. The highest BCUT2D eigenvalue weighted by Crippen LogP contribution is 2.11. The van der Waals surface area contributed by atoms with E-state index in [9.17, 15) is 0 Å². The van der Waals surface area contributed by atoms with Crippen LogP contribution < -0.4 is 10.5 Å². The van der Waals surface area contributed by atoms with Crippen LogP contribution in [0, 0.1) is 0 Å². The van der Waals surface area contributed by atoms with Gasteiger partial charge >= 0.3 is 0 Å². The van der Waals surface area contributed by atoms with Gasteiger partial charge in [0, 0.05) is 30.6 Å². The lowest BCUT2D eigenvalue weighted by Crippen LogP contribution is -2.18. The third kappa shape index (κ3) is 3.78. The van der Waals surface area contributed by atoms with Crippen molar-refractivity contribution < 1.29 is 4.74 Å². The molecule has 2 aromatic rings. The second-order valence-corrected chi connectivity index (χ2v) is 4.12. The second kappa shape index (κ2) is 6.07. The fourth-order valence-corrected chi connectivity index (χ4v) is 1.50. The molecule has 18 heavy (non-hydrogen) atoms. The minimum atomic E-state index is 0.113. The Hall–Kier alpha value is -2.01. The number of nitrogens with zero attached hydrogens (tertiary/aromatic N) is 3. The minimum absolute atomic E-state index is 0.113. The van der Waals surface area contributed by atoms with Crippen LogP contribution in [0.4, 0.5) is 0 Å². The van der Waals surface area contributed by atoms with Gasteiger partial charge in [-0.1, -0.05) is 0 Å². The average molecular weight is 244 g/mol. The first-order chi connectivity index (χ1) is 8.74. The van der Waals surface area contributed by atoms with Gasteiger partial charge < -0.3 is 10.5 Å². The molecule has 2 heterocycles. The molecule has 0 aliphatic heterocycles. The minimum Gasteiger partial charge on any atom is -0.484 e. The Morgan fingerprint density at radius 1 is 1.22 bits per heavy atom. The second-order valence-electron chi connectivity index (χ2n) is 4.12. The first kappa shape index (κ1) is 12.4. The standard InChI is InChI=1S/C13H16N4O/c1-10(14)7-11-3-4-12(8-17-11)18-9-13-15-5-2-6-16-13/h2-6,8,10H,7,9,14H2,1H3. The zero-order valence-corrected chi connectivity index (χ0v) is 10.3. The molecule has 0 aromatic carbocycles. The van der Waals surface area contributed by atoms with E-state index in [4.69, 9.17) is 10.5 Å². The number of rotatable bonds is 5. The van der Waals surface area contributed by atoms with E-state index < -0.39 is 0 Å². The molecule has 5 heteroatoms. The number of nitrogens with two attached hydrogens (primary N) is 1. The van der Waals surface area contributed by atoms with Crippen molar-refractivity contribution in [2.45, 2.75) is 26.0 Å². The summed E-state index contributed by atoms with van der Waals surface area (Å²) < 4.78 is 5.53. The normalized spacial score (nSPS) is 12.1. The summed E-state index contributed by atoms with van der Waals surface area (Å²) in [4.78, 5) is 12.4. The van der Waals surface area contributed by atoms with E-state index >= 15 is 0 Å². The van der Waals surface area contributed by atoms with Gasteiger partial charge in [0.15, 0.2) is 5.82 Å². The molecule has 0 saturated heterocycles. The smallest absolute Gasteiger partial charge is 0.166 e. The lowest BCUT2D eigenvalue weighted by atomic mass is 10.2. The summed E-state index contributed by atoms with van der Waals surface area (Å²) in [7, 11) is 0. The lowest BCUT2D eigenvalue weighted by molar-refractivity contribution is 0.294. The van der Waals surface area contributed by atoms with Crippen molar-refractivity contribution in [3.63, 3.8) is 0 Å². The summed E-state index contributed by atoms with van der Waals surface area (Å²) in [5.74, 6) is 1.35. The SMILES string of the molecule is CC(N)Cc1ccc(OCc2ncccn2)cn1. The van der Waals surface area contributed by atoms with Crippen LogP contribution in [-0.2, 0) is 13.0 Å². The first-order valence-corrected chi connectivity index (χ1v) is 5.83. The van der Waals surface area contributed by atoms with E-state index in [1.54, 1.807) is 24.7 Å². The fourth-order valence-electron chi connectivity index (χ4n) is 1.50. The van der Waals surface area contributed by atoms with Gasteiger partial charge in [-0.3, -0.25) is 4.98 Å². The Morgan fingerprint density at radius 2 is 2.00 bits per heavy atom. The van der Waals surface area contributed by atoms with Crippen LogP contribution >= 0.6 is 0 Å². The molecule has 0 aliphatic rings. The molecule has 2 aromatic heterocycles. The number of ether oxygens (including phenoxy) is 1. The van der Waals surface area contributed by atoms with Gasteiger partial charge in [-0.15, -0.1) is 0 Å². The Bertz CT molecular complexity index is 470. The van der Waals surface area contributed by atoms with Crippen LogP contribution in [0.1, 0.15) is 18.4 Å². The molecule has 0 spiro atoms. The summed E-state index contributed by atoms with van der Waals surface area (Å²) in [6, 6.07) is 5.69. The van der Waals surface area contributed by atoms with Gasteiger partial charge in [0.25, 0.3) is 0 Å². The zero-order valence-electron chi connectivity index (χ0n) is 10.3. The molecular formula is C13H16N4O. The Balaban J connectivity index is 1.90. The molecule has 0 fully saturated rings. The Morgan fingerprint density at radius 3 is 2.61 bits per heavy atom. The van der Waals surface area contributed by atoms with E-state index in [0.717, 1.165) is 12.1 Å². The summed E-state index contributed by atoms with van der Waals surface area (Å²) >= 11 is 0. The number of hydrogen-bond acceptors (Lipinski definition) is 5. The maximum Gasteiger partial charge on any atom is 0.166 e. The highest BCUT2D eigenvalue weighted by atomic mass is 16.5. The van der Waals surface area contributed by atoms with Crippen LogP contribution in [0.5, 0.6) is 5.75 Å². The average Bonchev–Trinajstić information content (AvgIpc) is 2.38. The molecule has 5 nitrogen and oxygen atoms in total. The summed E-state index contributed by atoms with van der Waals surface area (Å²) in [5.41, 5.74) is 6.68. The molecule has 0 amide bonds. The van der Waals surface area contributed by atoms with Crippen molar-refractivity contribution in [2.75, 3.05) is 0 Å². The van der Waals surface area contributed by atoms with E-state index in [-0.39, 0.29) is 6.04 Å². The van der Waals surface area contributed by atoms with Gasteiger partial charge in [-0.2, -0.15) is 0 Å². The Labute approximate surface area is 106 Å². The summed E-state index contributed by atoms with van der Waals surface area (Å²) in [6.45, 7) is 2.30. The van der Waals surface area contributed by atoms with Crippen molar-refractivity contribution in [3.05, 3.63) is 48.3 Å². The lowest BCUT2D eigenvalue weighted by Gasteiger charge is -2.07. The van der Waals surface area contributed by atoms with Crippen LogP contribution in [0.25, 0.3) is 0 Å². The van der Waals surface area contributed by atoms with Crippen LogP contribution in [0.15, 0.2) is 36.8 Å². The molecule has 0 bridgehead atoms. The van der Waals surface area contributed by atoms with Crippen molar-refractivity contribution in [1.29, 1.82) is 0 Å². The topological polar surface area (TPSA) is 73.9 Å².